The first kappa shape index (κ1) is 22.7. The lowest BCUT2D eigenvalue weighted by molar-refractivity contribution is -0.139. The highest BCUT2D eigenvalue weighted by molar-refractivity contribution is 5.87. The molecular formula is C25H34N2O2. The average Bonchev–Trinajstić information content (AvgIpc) is 2.74. The van der Waals surface area contributed by atoms with Crippen LogP contribution in [-0.4, -0.2) is 35.8 Å². The molecule has 2 amide bonds. The number of aryl methyl sites for hydroxylation is 2. The first-order chi connectivity index (χ1) is 14.0. The number of unbranched alkanes of at least 4 members (excludes halogenated alkanes) is 1. The Bertz CT molecular complexity index is 756. The van der Waals surface area contributed by atoms with Crippen LogP contribution in [0.4, 0.5) is 0 Å². The maximum atomic E-state index is 13.0. The molecule has 0 aliphatic rings. The molecule has 1 atom stereocenters. The zero-order valence-electron chi connectivity index (χ0n) is 18.0. The van der Waals surface area contributed by atoms with Crippen molar-refractivity contribution < 1.29 is 9.59 Å². The van der Waals surface area contributed by atoms with Gasteiger partial charge in [0.15, 0.2) is 0 Å². The van der Waals surface area contributed by atoms with Gasteiger partial charge in [-0.25, -0.2) is 0 Å². The second-order valence-electron chi connectivity index (χ2n) is 7.63. The average molecular weight is 395 g/mol. The van der Waals surface area contributed by atoms with E-state index in [-0.39, 0.29) is 11.8 Å². The molecule has 4 heteroatoms. The van der Waals surface area contributed by atoms with Crippen LogP contribution in [0.1, 0.15) is 49.8 Å². The Morgan fingerprint density at radius 1 is 0.966 bits per heavy atom. The SMILES string of the molecule is CCCCNC(=O)C(C)N(CCc1ccccc1)C(=O)CCc1ccc(C)cc1. The lowest BCUT2D eigenvalue weighted by atomic mass is 10.1. The van der Waals surface area contributed by atoms with Gasteiger partial charge in [-0.15, -0.1) is 0 Å². The number of carbonyl (C=O) groups excluding carboxylic acids is 2. The molecular weight excluding hydrogens is 360 g/mol. The fourth-order valence-corrected chi connectivity index (χ4v) is 3.26. The summed E-state index contributed by atoms with van der Waals surface area (Å²) < 4.78 is 0. The van der Waals surface area contributed by atoms with E-state index in [2.05, 4.69) is 55.6 Å². The number of carbonyl (C=O) groups is 2. The molecule has 156 valence electrons. The van der Waals surface area contributed by atoms with Gasteiger partial charge in [0.25, 0.3) is 0 Å². The normalized spacial score (nSPS) is 11.7. The van der Waals surface area contributed by atoms with Crippen LogP contribution in [-0.2, 0) is 22.4 Å². The number of benzene rings is 2. The highest BCUT2D eigenvalue weighted by Crippen LogP contribution is 2.11. The first-order valence-electron chi connectivity index (χ1n) is 10.7. The van der Waals surface area contributed by atoms with Crippen LogP contribution in [0.2, 0.25) is 0 Å². The summed E-state index contributed by atoms with van der Waals surface area (Å²) in [6.45, 7) is 7.17. The van der Waals surface area contributed by atoms with E-state index in [1.807, 2.05) is 25.1 Å². The predicted molar refractivity (Wildman–Crippen MR) is 119 cm³/mol. The molecule has 0 aliphatic heterocycles. The van der Waals surface area contributed by atoms with E-state index in [0.717, 1.165) is 24.8 Å². The molecule has 1 unspecified atom stereocenters. The molecule has 1 N–H and O–H groups in total. The summed E-state index contributed by atoms with van der Waals surface area (Å²) >= 11 is 0. The molecule has 0 fully saturated rings. The van der Waals surface area contributed by atoms with Crippen LogP contribution in [0.15, 0.2) is 54.6 Å². The van der Waals surface area contributed by atoms with E-state index in [1.54, 1.807) is 4.90 Å². The van der Waals surface area contributed by atoms with Gasteiger partial charge in [0.05, 0.1) is 0 Å². The van der Waals surface area contributed by atoms with E-state index >= 15 is 0 Å². The third-order valence-corrected chi connectivity index (χ3v) is 5.23. The second-order valence-corrected chi connectivity index (χ2v) is 7.63. The molecule has 0 radical (unpaired) electrons. The van der Waals surface area contributed by atoms with E-state index in [4.69, 9.17) is 0 Å². The van der Waals surface area contributed by atoms with E-state index in [0.29, 0.717) is 25.9 Å². The van der Waals surface area contributed by atoms with Crippen LogP contribution in [0.25, 0.3) is 0 Å². The molecule has 0 aromatic heterocycles. The van der Waals surface area contributed by atoms with Crippen molar-refractivity contribution in [2.45, 2.75) is 58.9 Å². The van der Waals surface area contributed by atoms with Crippen molar-refractivity contribution in [3.63, 3.8) is 0 Å². The van der Waals surface area contributed by atoms with E-state index in [9.17, 15) is 9.59 Å². The number of nitrogens with one attached hydrogen (secondary N) is 1. The summed E-state index contributed by atoms with van der Waals surface area (Å²) in [7, 11) is 0. The van der Waals surface area contributed by atoms with Crippen LogP contribution < -0.4 is 5.32 Å². The second kappa shape index (κ2) is 12.1. The van der Waals surface area contributed by atoms with Crippen molar-refractivity contribution in [1.82, 2.24) is 10.2 Å². The molecule has 0 saturated carbocycles. The van der Waals surface area contributed by atoms with E-state index in [1.165, 1.54) is 11.1 Å². The third kappa shape index (κ3) is 7.72. The molecule has 2 aromatic rings. The van der Waals surface area contributed by atoms with Gasteiger partial charge in [-0.2, -0.15) is 0 Å². The zero-order chi connectivity index (χ0) is 21.1. The standard InChI is InChI=1S/C25H34N2O2/c1-4-5-18-26-25(29)21(3)27(19-17-22-9-7-6-8-10-22)24(28)16-15-23-13-11-20(2)12-14-23/h6-14,21H,4-5,15-19H2,1-3H3,(H,26,29). The Kier molecular flexibility index (Phi) is 9.42. The van der Waals surface area contributed by atoms with Gasteiger partial charge in [-0.3, -0.25) is 9.59 Å². The zero-order valence-corrected chi connectivity index (χ0v) is 18.0. The minimum absolute atomic E-state index is 0.0275. The number of amides is 2. The molecule has 29 heavy (non-hydrogen) atoms. The molecule has 2 rings (SSSR count). The van der Waals surface area contributed by atoms with Gasteiger partial charge < -0.3 is 10.2 Å². The summed E-state index contributed by atoms with van der Waals surface area (Å²) in [5.41, 5.74) is 3.52. The van der Waals surface area contributed by atoms with Gasteiger partial charge in [0.2, 0.25) is 11.8 Å². The lowest BCUT2D eigenvalue weighted by Gasteiger charge is -2.29. The fraction of sp³-hybridized carbons (Fsp3) is 0.440. The number of hydrogen-bond donors (Lipinski definition) is 1. The maximum absolute atomic E-state index is 13.0. The van der Waals surface area contributed by atoms with Crippen molar-refractivity contribution in [3.05, 3.63) is 71.3 Å². The summed E-state index contributed by atoms with van der Waals surface area (Å²) in [6, 6.07) is 17.9. The molecule has 2 aromatic carbocycles. The van der Waals surface area contributed by atoms with Gasteiger partial charge >= 0.3 is 0 Å². The molecule has 0 heterocycles. The molecule has 0 saturated heterocycles. The molecule has 0 aliphatic carbocycles. The number of hydrogen-bond acceptors (Lipinski definition) is 2. The quantitative estimate of drug-likeness (QED) is 0.578. The van der Waals surface area contributed by atoms with Gasteiger partial charge in [-0.1, -0.05) is 73.5 Å². The Morgan fingerprint density at radius 3 is 2.28 bits per heavy atom. The number of nitrogens with zero attached hydrogens (tertiary/aromatic N) is 1. The fourth-order valence-electron chi connectivity index (χ4n) is 3.26. The van der Waals surface area contributed by atoms with Crippen LogP contribution in [0, 0.1) is 6.92 Å². The van der Waals surface area contributed by atoms with Gasteiger partial charge in [0.1, 0.15) is 6.04 Å². The minimum Gasteiger partial charge on any atom is -0.354 e. The van der Waals surface area contributed by atoms with Crippen molar-refractivity contribution in [1.29, 1.82) is 0 Å². The van der Waals surface area contributed by atoms with Crippen molar-refractivity contribution in [2.24, 2.45) is 0 Å². The number of rotatable bonds is 11. The molecule has 0 spiro atoms. The van der Waals surface area contributed by atoms with Gasteiger partial charge in [-0.05, 0) is 44.2 Å². The van der Waals surface area contributed by atoms with Crippen LogP contribution in [0.3, 0.4) is 0 Å². The summed E-state index contributed by atoms with van der Waals surface area (Å²) in [5.74, 6) is -0.0464. The maximum Gasteiger partial charge on any atom is 0.242 e. The Morgan fingerprint density at radius 2 is 1.62 bits per heavy atom. The Hall–Kier alpha value is -2.62. The van der Waals surface area contributed by atoms with Crippen LogP contribution in [0.5, 0.6) is 0 Å². The predicted octanol–water partition coefficient (Wildman–Crippen LogP) is 4.30. The minimum atomic E-state index is -0.471. The summed E-state index contributed by atoms with van der Waals surface area (Å²) in [6.07, 6.45) is 3.81. The first-order valence-corrected chi connectivity index (χ1v) is 10.7. The lowest BCUT2D eigenvalue weighted by Crippen LogP contribution is -2.49. The molecule has 0 bridgehead atoms. The van der Waals surface area contributed by atoms with Crippen molar-refractivity contribution >= 4 is 11.8 Å². The summed E-state index contributed by atoms with van der Waals surface area (Å²) in [5, 5.41) is 2.96. The molecule has 4 nitrogen and oxygen atoms in total. The highest BCUT2D eigenvalue weighted by Gasteiger charge is 2.25. The topological polar surface area (TPSA) is 49.4 Å². The Balaban J connectivity index is 2.01. The smallest absolute Gasteiger partial charge is 0.242 e. The van der Waals surface area contributed by atoms with Crippen molar-refractivity contribution in [2.75, 3.05) is 13.1 Å². The van der Waals surface area contributed by atoms with Crippen LogP contribution >= 0.6 is 0 Å². The Labute approximate surface area is 175 Å². The van der Waals surface area contributed by atoms with E-state index < -0.39 is 6.04 Å². The monoisotopic (exact) mass is 394 g/mol. The third-order valence-electron chi connectivity index (χ3n) is 5.23. The summed E-state index contributed by atoms with van der Waals surface area (Å²) in [4.78, 5) is 27.3. The largest absolute Gasteiger partial charge is 0.354 e. The highest BCUT2D eigenvalue weighted by atomic mass is 16.2. The van der Waals surface area contributed by atoms with Crippen molar-refractivity contribution in [3.8, 4) is 0 Å². The van der Waals surface area contributed by atoms with Gasteiger partial charge in [0, 0.05) is 19.5 Å².